The molecule has 1 aromatic carbocycles. The van der Waals surface area contributed by atoms with Gasteiger partial charge in [0.2, 0.25) is 0 Å². The Kier molecular flexibility index (Phi) is 6.65. The van der Waals surface area contributed by atoms with Crippen LogP contribution in [0.1, 0.15) is 24.8 Å². The fourth-order valence-electron chi connectivity index (χ4n) is 1.47. The number of hydrogen-bond donors (Lipinski definition) is 3. The van der Waals surface area contributed by atoms with Crippen LogP contribution in [-0.4, -0.2) is 17.6 Å². The Morgan fingerprint density at radius 2 is 2.12 bits per heavy atom. The Morgan fingerprint density at radius 1 is 1.35 bits per heavy atom. The Labute approximate surface area is 110 Å². The number of nitrogens with two attached hydrogens (primary N) is 1. The molecule has 0 saturated carbocycles. The van der Waals surface area contributed by atoms with E-state index >= 15 is 0 Å². The van der Waals surface area contributed by atoms with Crippen molar-refractivity contribution < 1.29 is 5.21 Å². The van der Waals surface area contributed by atoms with Crippen LogP contribution in [0, 0.1) is 0 Å². The van der Waals surface area contributed by atoms with Gasteiger partial charge in [-0.15, -0.1) is 0 Å². The number of rotatable bonds is 7. The predicted molar refractivity (Wildman–Crippen MR) is 73.1 cm³/mol. The minimum absolute atomic E-state index is 0.302. The molecule has 1 aromatic rings. The van der Waals surface area contributed by atoms with Gasteiger partial charge in [-0.3, -0.25) is 0 Å². The van der Waals surface area contributed by atoms with Crippen LogP contribution in [0.4, 0.5) is 0 Å². The van der Waals surface area contributed by atoms with Crippen LogP contribution in [0.3, 0.4) is 0 Å². The molecule has 0 aliphatic carbocycles. The molecule has 1 rings (SSSR count). The lowest BCUT2D eigenvalue weighted by molar-refractivity contribution is 0.316. The van der Waals surface area contributed by atoms with Crippen molar-refractivity contribution in [1.29, 1.82) is 0 Å². The zero-order valence-electron chi connectivity index (χ0n) is 9.69. The average Bonchev–Trinajstić information content (AvgIpc) is 2.35. The molecule has 4 N–H and O–H groups in total. The number of benzene rings is 1. The first-order chi connectivity index (χ1) is 8.24. The monoisotopic (exact) mass is 299 g/mol. The van der Waals surface area contributed by atoms with E-state index in [9.17, 15) is 0 Å². The second-order valence-corrected chi connectivity index (χ2v) is 4.67. The average molecular weight is 300 g/mol. The van der Waals surface area contributed by atoms with E-state index < -0.39 is 0 Å². The molecule has 0 amide bonds. The van der Waals surface area contributed by atoms with E-state index in [-0.39, 0.29) is 0 Å². The number of hydrogen-bond acceptors (Lipinski definition) is 3. The maximum Gasteiger partial charge on any atom is 0.139 e. The van der Waals surface area contributed by atoms with E-state index in [1.807, 2.05) is 18.2 Å². The Bertz CT molecular complexity index is 369. The lowest BCUT2D eigenvalue weighted by Gasteiger charge is -2.06. The second-order valence-electron chi connectivity index (χ2n) is 3.82. The molecule has 94 valence electrons. The van der Waals surface area contributed by atoms with Gasteiger partial charge in [-0.1, -0.05) is 39.3 Å². The van der Waals surface area contributed by atoms with Crippen molar-refractivity contribution in [3.63, 3.8) is 0 Å². The topological polar surface area (TPSA) is 70.6 Å². The summed E-state index contributed by atoms with van der Waals surface area (Å²) in [6, 6.07) is 8.16. The predicted octanol–water partition coefficient (Wildman–Crippen LogP) is 2.46. The van der Waals surface area contributed by atoms with Crippen LogP contribution in [0.25, 0.3) is 0 Å². The van der Waals surface area contributed by atoms with Gasteiger partial charge in [0.25, 0.3) is 0 Å². The Hall–Kier alpha value is -1.07. The first-order valence-corrected chi connectivity index (χ1v) is 6.44. The van der Waals surface area contributed by atoms with Gasteiger partial charge in [-0.05, 0) is 31.0 Å². The highest BCUT2D eigenvalue weighted by atomic mass is 79.9. The van der Waals surface area contributed by atoms with Crippen molar-refractivity contribution in [2.75, 3.05) is 6.54 Å². The van der Waals surface area contributed by atoms with E-state index in [0.717, 1.165) is 30.4 Å². The molecule has 4 nitrogen and oxygen atoms in total. The van der Waals surface area contributed by atoms with Crippen molar-refractivity contribution in [1.82, 2.24) is 5.32 Å². The summed E-state index contributed by atoms with van der Waals surface area (Å²) >= 11 is 3.51. The minimum atomic E-state index is 0.302. The zero-order valence-corrected chi connectivity index (χ0v) is 11.3. The largest absolute Gasteiger partial charge is 0.409 e. The molecule has 0 aromatic heterocycles. The number of nitrogens with zero attached hydrogens (tertiary/aromatic N) is 1. The molecular formula is C12H18BrN3O. The summed E-state index contributed by atoms with van der Waals surface area (Å²) in [5.41, 5.74) is 6.63. The summed E-state index contributed by atoms with van der Waals surface area (Å²) in [4.78, 5) is 0. The summed E-state index contributed by atoms with van der Waals surface area (Å²) in [5, 5.41) is 14.7. The molecule has 5 heteroatoms. The third-order valence-corrected chi connectivity index (χ3v) is 3.21. The molecule has 0 bridgehead atoms. The molecule has 0 spiro atoms. The zero-order chi connectivity index (χ0) is 12.5. The number of amidine groups is 1. The van der Waals surface area contributed by atoms with Gasteiger partial charge in [0, 0.05) is 17.4 Å². The molecule has 0 heterocycles. The summed E-state index contributed by atoms with van der Waals surface area (Å²) < 4.78 is 1.13. The van der Waals surface area contributed by atoms with Crippen LogP contribution < -0.4 is 11.1 Å². The molecule has 0 saturated heterocycles. The van der Waals surface area contributed by atoms with Crippen LogP contribution in [0.2, 0.25) is 0 Å². The maximum absolute atomic E-state index is 8.36. The Morgan fingerprint density at radius 3 is 2.82 bits per heavy atom. The lowest BCUT2D eigenvalue weighted by Crippen LogP contribution is -2.16. The lowest BCUT2D eigenvalue weighted by atomic mass is 10.2. The quantitative estimate of drug-likeness (QED) is 0.238. The number of oxime groups is 1. The van der Waals surface area contributed by atoms with Crippen LogP contribution in [-0.2, 0) is 6.54 Å². The maximum atomic E-state index is 8.36. The highest BCUT2D eigenvalue weighted by molar-refractivity contribution is 9.10. The van der Waals surface area contributed by atoms with Gasteiger partial charge >= 0.3 is 0 Å². The molecule has 0 unspecified atom stereocenters. The van der Waals surface area contributed by atoms with E-state index in [0.29, 0.717) is 12.3 Å². The van der Waals surface area contributed by atoms with Crippen molar-refractivity contribution in [3.05, 3.63) is 34.3 Å². The van der Waals surface area contributed by atoms with Gasteiger partial charge in [-0.2, -0.15) is 0 Å². The third-order valence-electron chi connectivity index (χ3n) is 2.44. The Balaban J connectivity index is 2.11. The summed E-state index contributed by atoms with van der Waals surface area (Å²) in [5.74, 6) is 0.302. The highest BCUT2D eigenvalue weighted by Gasteiger charge is 1.97. The van der Waals surface area contributed by atoms with Crippen LogP contribution in [0.5, 0.6) is 0 Å². The van der Waals surface area contributed by atoms with Crippen molar-refractivity contribution >= 4 is 21.8 Å². The summed E-state index contributed by atoms with van der Waals surface area (Å²) in [6.07, 6.45) is 2.59. The first kappa shape index (κ1) is 14.0. The molecule has 0 atom stereocenters. The van der Waals surface area contributed by atoms with E-state index in [4.69, 9.17) is 10.9 Å². The fraction of sp³-hybridized carbons (Fsp3) is 0.417. The molecule has 17 heavy (non-hydrogen) atoms. The van der Waals surface area contributed by atoms with Gasteiger partial charge in [-0.25, -0.2) is 0 Å². The molecule has 0 aliphatic heterocycles. The van der Waals surface area contributed by atoms with Gasteiger partial charge in [0.05, 0.1) is 0 Å². The molecule has 0 aliphatic rings. The minimum Gasteiger partial charge on any atom is -0.409 e. The van der Waals surface area contributed by atoms with Gasteiger partial charge in [0.1, 0.15) is 5.84 Å². The normalized spacial score (nSPS) is 11.7. The van der Waals surface area contributed by atoms with E-state index in [1.54, 1.807) is 0 Å². The smallest absolute Gasteiger partial charge is 0.139 e. The number of unbranched alkanes of at least 4 members (excludes halogenated alkanes) is 1. The van der Waals surface area contributed by atoms with E-state index in [1.165, 1.54) is 5.56 Å². The highest BCUT2D eigenvalue weighted by Crippen LogP contribution is 2.15. The van der Waals surface area contributed by atoms with Crippen molar-refractivity contribution in [3.8, 4) is 0 Å². The second kappa shape index (κ2) is 8.08. The SMILES string of the molecule is NC(CCCCNCc1ccccc1Br)=NO. The molecule has 0 fully saturated rings. The van der Waals surface area contributed by atoms with Gasteiger partial charge in [0.15, 0.2) is 0 Å². The summed E-state index contributed by atoms with van der Waals surface area (Å²) in [7, 11) is 0. The molecule has 0 radical (unpaired) electrons. The van der Waals surface area contributed by atoms with Gasteiger partial charge < -0.3 is 16.3 Å². The van der Waals surface area contributed by atoms with Crippen molar-refractivity contribution in [2.24, 2.45) is 10.9 Å². The standard InChI is InChI=1S/C12H18BrN3O/c13-11-6-2-1-5-10(11)9-15-8-4-3-7-12(14)16-17/h1-2,5-6,15,17H,3-4,7-9H2,(H2,14,16). The number of halogens is 1. The fourth-order valence-corrected chi connectivity index (χ4v) is 1.90. The van der Waals surface area contributed by atoms with Crippen molar-refractivity contribution in [2.45, 2.75) is 25.8 Å². The first-order valence-electron chi connectivity index (χ1n) is 5.64. The third kappa shape index (κ3) is 5.70. The van der Waals surface area contributed by atoms with E-state index in [2.05, 4.69) is 32.5 Å². The summed E-state index contributed by atoms with van der Waals surface area (Å²) in [6.45, 7) is 1.78. The number of nitrogens with one attached hydrogen (secondary N) is 1. The van der Waals surface area contributed by atoms with Crippen LogP contribution in [0.15, 0.2) is 33.9 Å². The van der Waals surface area contributed by atoms with Crippen LogP contribution >= 0.6 is 15.9 Å². The molecular weight excluding hydrogens is 282 g/mol.